The normalized spacial score (nSPS) is 11.3. The molecule has 0 radical (unpaired) electrons. The van der Waals surface area contributed by atoms with Crippen LogP contribution >= 0.6 is 23.1 Å². The number of aromatic nitrogens is 4. The molecule has 4 aromatic rings. The lowest BCUT2D eigenvalue weighted by atomic mass is 10.1. The summed E-state index contributed by atoms with van der Waals surface area (Å²) in [5.41, 5.74) is 2.58. The van der Waals surface area contributed by atoms with Crippen molar-refractivity contribution >= 4 is 49.8 Å². The average molecular weight is 501 g/mol. The van der Waals surface area contributed by atoms with Gasteiger partial charge in [-0.3, -0.25) is 9.52 Å². The van der Waals surface area contributed by atoms with Gasteiger partial charge in [0.2, 0.25) is 5.91 Å². The number of amides is 1. The Morgan fingerprint density at radius 3 is 2.64 bits per heavy atom. The molecule has 0 aliphatic carbocycles. The van der Waals surface area contributed by atoms with Crippen LogP contribution in [0.5, 0.6) is 0 Å². The topological polar surface area (TPSA) is 119 Å². The predicted molar refractivity (Wildman–Crippen MR) is 130 cm³/mol. The Labute approximate surface area is 199 Å². The van der Waals surface area contributed by atoms with Crippen LogP contribution in [0.1, 0.15) is 5.56 Å². The molecule has 0 spiro atoms. The predicted octanol–water partition coefficient (Wildman–Crippen LogP) is 3.78. The fourth-order valence-electron chi connectivity index (χ4n) is 2.97. The first-order valence-electron chi connectivity index (χ1n) is 9.73. The molecule has 0 aliphatic rings. The van der Waals surface area contributed by atoms with Crippen molar-refractivity contribution in [2.24, 2.45) is 7.05 Å². The van der Waals surface area contributed by atoms with E-state index in [1.807, 2.05) is 42.8 Å². The van der Waals surface area contributed by atoms with E-state index in [1.165, 1.54) is 53.6 Å². The molecule has 12 heteroatoms. The summed E-state index contributed by atoms with van der Waals surface area (Å²) in [6.45, 7) is 2.01. The van der Waals surface area contributed by atoms with Gasteiger partial charge in [0, 0.05) is 29.9 Å². The highest BCUT2D eigenvalue weighted by Gasteiger charge is 2.16. The number of carbonyl (C=O) groups is 1. The summed E-state index contributed by atoms with van der Waals surface area (Å²) >= 11 is 2.46. The summed E-state index contributed by atoms with van der Waals surface area (Å²) in [4.78, 5) is 16.4. The van der Waals surface area contributed by atoms with E-state index in [0.717, 1.165) is 17.0 Å². The van der Waals surface area contributed by atoms with Gasteiger partial charge < -0.3 is 9.88 Å². The molecule has 4 rings (SSSR count). The quantitative estimate of drug-likeness (QED) is 0.353. The number of sulfonamides is 1. The lowest BCUT2D eigenvalue weighted by Gasteiger charge is -2.08. The van der Waals surface area contributed by atoms with Crippen molar-refractivity contribution in [2.75, 3.05) is 15.8 Å². The lowest BCUT2D eigenvalue weighted by molar-refractivity contribution is -0.113. The zero-order valence-electron chi connectivity index (χ0n) is 17.7. The highest BCUT2D eigenvalue weighted by Crippen LogP contribution is 2.24. The molecule has 1 amide bonds. The summed E-state index contributed by atoms with van der Waals surface area (Å²) in [5, 5.41) is 13.8. The van der Waals surface area contributed by atoms with Crippen LogP contribution in [0, 0.1) is 6.92 Å². The Hall–Kier alpha value is -3.22. The lowest BCUT2D eigenvalue weighted by Crippen LogP contribution is -2.15. The minimum atomic E-state index is -3.74. The van der Waals surface area contributed by atoms with Crippen molar-refractivity contribution in [3.8, 4) is 11.4 Å². The zero-order valence-corrected chi connectivity index (χ0v) is 20.2. The molecule has 0 saturated heterocycles. The number of aryl methyl sites for hydroxylation is 1. The maximum absolute atomic E-state index is 12.4. The number of thiazole rings is 1. The van der Waals surface area contributed by atoms with Gasteiger partial charge in [-0.1, -0.05) is 35.5 Å². The smallest absolute Gasteiger partial charge is 0.263 e. The molecular formula is C21H20N6O3S3. The van der Waals surface area contributed by atoms with Crippen molar-refractivity contribution in [3.05, 3.63) is 65.7 Å². The third-order valence-corrected chi connectivity index (χ3v) is 7.74. The Balaban J connectivity index is 1.35. The van der Waals surface area contributed by atoms with Crippen LogP contribution in [0.2, 0.25) is 0 Å². The molecule has 0 atom stereocenters. The van der Waals surface area contributed by atoms with Gasteiger partial charge in [0.05, 0.1) is 10.6 Å². The first-order chi connectivity index (χ1) is 15.8. The number of rotatable bonds is 8. The average Bonchev–Trinajstić information content (AvgIpc) is 3.42. The molecule has 0 fully saturated rings. The maximum Gasteiger partial charge on any atom is 0.263 e. The first-order valence-corrected chi connectivity index (χ1v) is 13.1. The van der Waals surface area contributed by atoms with Gasteiger partial charge in [0.25, 0.3) is 10.0 Å². The van der Waals surface area contributed by atoms with Gasteiger partial charge >= 0.3 is 0 Å². The molecule has 0 unspecified atom stereocenters. The Kier molecular flexibility index (Phi) is 6.77. The second-order valence-electron chi connectivity index (χ2n) is 7.04. The summed E-state index contributed by atoms with van der Waals surface area (Å²) in [6.07, 6.45) is 1.52. The molecular weight excluding hydrogens is 480 g/mol. The first kappa shape index (κ1) is 23.0. The van der Waals surface area contributed by atoms with Crippen LogP contribution in [0.3, 0.4) is 0 Å². The third kappa shape index (κ3) is 5.59. The number of nitrogens with one attached hydrogen (secondary N) is 2. The molecule has 170 valence electrons. The number of benzene rings is 2. The molecule has 0 bridgehead atoms. The van der Waals surface area contributed by atoms with Crippen LogP contribution in [0.25, 0.3) is 11.4 Å². The molecule has 2 aromatic heterocycles. The fourth-order valence-corrected chi connectivity index (χ4v) is 5.47. The highest BCUT2D eigenvalue weighted by atomic mass is 32.2. The molecule has 2 N–H and O–H groups in total. The van der Waals surface area contributed by atoms with Crippen molar-refractivity contribution in [3.63, 3.8) is 0 Å². The van der Waals surface area contributed by atoms with Crippen LogP contribution in [-0.4, -0.2) is 39.8 Å². The standard InChI is InChI=1S/C21H20N6O3S3/c1-14-4-3-5-15(12-14)19-24-25-21(27(19)2)32-13-18(28)23-16-6-8-17(9-7-16)33(29,30)26-20-22-10-11-31-20/h3-12H,13H2,1-2H3,(H,22,26)(H,23,28). The van der Waals surface area contributed by atoms with Gasteiger partial charge in [0.15, 0.2) is 16.1 Å². The fraction of sp³-hybridized carbons (Fsp3) is 0.143. The Bertz CT molecular complexity index is 1370. The van der Waals surface area contributed by atoms with Crippen LogP contribution in [-0.2, 0) is 21.9 Å². The number of nitrogens with zero attached hydrogens (tertiary/aromatic N) is 4. The van der Waals surface area contributed by atoms with Gasteiger partial charge in [-0.15, -0.1) is 21.5 Å². The van der Waals surface area contributed by atoms with Crippen molar-refractivity contribution in [1.82, 2.24) is 19.7 Å². The molecule has 0 aliphatic heterocycles. The summed E-state index contributed by atoms with van der Waals surface area (Å²) in [5.74, 6) is 0.618. The molecule has 9 nitrogen and oxygen atoms in total. The number of carbonyl (C=O) groups excluding carboxylic acids is 1. The van der Waals surface area contributed by atoms with E-state index < -0.39 is 10.0 Å². The Morgan fingerprint density at radius 2 is 1.94 bits per heavy atom. The van der Waals surface area contributed by atoms with Gasteiger partial charge in [-0.05, 0) is 37.3 Å². The van der Waals surface area contributed by atoms with E-state index in [-0.39, 0.29) is 16.6 Å². The van der Waals surface area contributed by atoms with Gasteiger partial charge in [-0.2, -0.15) is 0 Å². The largest absolute Gasteiger partial charge is 0.325 e. The highest BCUT2D eigenvalue weighted by molar-refractivity contribution is 7.99. The second kappa shape index (κ2) is 9.73. The summed E-state index contributed by atoms with van der Waals surface area (Å²) in [6, 6.07) is 13.9. The van der Waals surface area contributed by atoms with E-state index in [2.05, 4.69) is 25.2 Å². The molecule has 0 saturated carbocycles. The van der Waals surface area contributed by atoms with Gasteiger partial charge in [0.1, 0.15) is 0 Å². The summed E-state index contributed by atoms with van der Waals surface area (Å²) < 4.78 is 29.1. The number of thioether (sulfide) groups is 1. The van der Waals surface area contributed by atoms with Crippen LogP contribution in [0.4, 0.5) is 10.8 Å². The van der Waals surface area contributed by atoms with E-state index in [0.29, 0.717) is 16.0 Å². The molecule has 33 heavy (non-hydrogen) atoms. The SMILES string of the molecule is Cc1cccc(-c2nnc(SCC(=O)Nc3ccc(S(=O)(=O)Nc4nccs4)cc3)n2C)c1. The second-order valence-corrected chi connectivity index (χ2v) is 10.6. The van der Waals surface area contributed by atoms with E-state index in [1.54, 1.807) is 5.38 Å². The van der Waals surface area contributed by atoms with Crippen molar-refractivity contribution < 1.29 is 13.2 Å². The van der Waals surface area contributed by atoms with E-state index in [9.17, 15) is 13.2 Å². The monoisotopic (exact) mass is 500 g/mol. The Morgan fingerprint density at radius 1 is 1.15 bits per heavy atom. The zero-order chi connectivity index (χ0) is 23.4. The van der Waals surface area contributed by atoms with Crippen molar-refractivity contribution in [1.29, 1.82) is 0 Å². The molecule has 2 aromatic carbocycles. The van der Waals surface area contributed by atoms with Crippen molar-refractivity contribution in [2.45, 2.75) is 17.0 Å². The molecule has 2 heterocycles. The van der Waals surface area contributed by atoms with E-state index in [4.69, 9.17) is 0 Å². The van der Waals surface area contributed by atoms with Gasteiger partial charge in [-0.25, -0.2) is 13.4 Å². The van der Waals surface area contributed by atoms with E-state index >= 15 is 0 Å². The van der Waals surface area contributed by atoms with Crippen LogP contribution < -0.4 is 10.0 Å². The van der Waals surface area contributed by atoms with Crippen LogP contribution in [0.15, 0.2) is 70.2 Å². The number of anilines is 2. The maximum atomic E-state index is 12.4. The minimum absolute atomic E-state index is 0.0767. The third-order valence-electron chi connectivity index (χ3n) is 4.55. The number of hydrogen-bond acceptors (Lipinski definition) is 8. The number of hydrogen-bond donors (Lipinski definition) is 2. The summed E-state index contributed by atoms with van der Waals surface area (Å²) in [7, 11) is -1.88. The minimum Gasteiger partial charge on any atom is -0.325 e.